The number of nitrogens with zero attached hydrogens (tertiary/aromatic N) is 2. The molecule has 110 valence electrons. The number of aryl methyl sites for hydroxylation is 1. The van der Waals surface area contributed by atoms with E-state index in [2.05, 4.69) is 47.9 Å². The summed E-state index contributed by atoms with van der Waals surface area (Å²) in [6.07, 6.45) is 0.999. The van der Waals surface area contributed by atoms with Crippen LogP contribution in [0.3, 0.4) is 0 Å². The first-order valence-corrected chi connectivity index (χ1v) is 7.33. The third kappa shape index (κ3) is 3.97. The van der Waals surface area contributed by atoms with Gasteiger partial charge in [-0.15, -0.1) is 0 Å². The molecule has 1 aromatic rings. The van der Waals surface area contributed by atoms with Crippen LogP contribution in [0.1, 0.15) is 25.3 Å². The van der Waals surface area contributed by atoms with Crippen molar-refractivity contribution in [1.29, 1.82) is 0 Å². The third-order valence-electron chi connectivity index (χ3n) is 4.08. The molecule has 1 aromatic carbocycles. The normalized spacial score (nSPS) is 18.0. The summed E-state index contributed by atoms with van der Waals surface area (Å²) in [5, 5.41) is 8.75. The standard InChI is InChI=1S/C16H24N2O2/c1-13-4-3-5-15(12-13)18-10-8-17(9-11-18)14(2)6-7-16(19)20/h3-5,12,14H,6-11H2,1-2H3,(H,19,20). The summed E-state index contributed by atoms with van der Waals surface area (Å²) in [6, 6.07) is 8.96. The minimum Gasteiger partial charge on any atom is -0.481 e. The molecule has 1 atom stereocenters. The van der Waals surface area contributed by atoms with E-state index < -0.39 is 5.97 Å². The fraction of sp³-hybridized carbons (Fsp3) is 0.562. The van der Waals surface area contributed by atoms with Crippen molar-refractivity contribution in [3.05, 3.63) is 29.8 Å². The zero-order chi connectivity index (χ0) is 14.5. The van der Waals surface area contributed by atoms with Gasteiger partial charge in [0.05, 0.1) is 0 Å². The van der Waals surface area contributed by atoms with E-state index in [9.17, 15) is 4.79 Å². The second-order valence-electron chi connectivity index (χ2n) is 5.64. The van der Waals surface area contributed by atoms with E-state index in [1.165, 1.54) is 11.3 Å². The van der Waals surface area contributed by atoms with E-state index in [4.69, 9.17) is 5.11 Å². The first kappa shape index (κ1) is 14.9. The third-order valence-corrected chi connectivity index (χ3v) is 4.08. The van der Waals surface area contributed by atoms with Gasteiger partial charge in [-0.1, -0.05) is 12.1 Å². The smallest absolute Gasteiger partial charge is 0.303 e. The number of carboxylic acid groups (broad SMARTS) is 1. The van der Waals surface area contributed by atoms with Crippen molar-refractivity contribution in [3.63, 3.8) is 0 Å². The Bertz CT molecular complexity index is 454. The lowest BCUT2D eigenvalue weighted by Gasteiger charge is -2.39. The molecule has 0 aliphatic carbocycles. The van der Waals surface area contributed by atoms with Crippen molar-refractivity contribution in [3.8, 4) is 0 Å². The molecular formula is C16H24N2O2. The summed E-state index contributed by atoms with van der Waals surface area (Å²) in [5.74, 6) is -0.699. The molecule has 1 fully saturated rings. The van der Waals surface area contributed by atoms with E-state index in [1.807, 2.05) is 0 Å². The van der Waals surface area contributed by atoms with Gasteiger partial charge in [-0.2, -0.15) is 0 Å². The SMILES string of the molecule is Cc1cccc(N2CCN(C(C)CCC(=O)O)CC2)c1. The lowest BCUT2D eigenvalue weighted by molar-refractivity contribution is -0.137. The van der Waals surface area contributed by atoms with Gasteiger partial charge in [0.15, 0.2) is 0 Å². The van der Waals surface area contributed by atoms with E-state index >= 15 is 0 Å². The van der Waals surface area contributed by atoms with Crippen LogP contribution in [0.15, 0.2) is 24.3 Å². The molecule has 4 heteroatoms. The van der Waals surface area contributed by atoms with Crippen LogP contribution in [0.25, 0.3) is 0 Å². The van der Waals surface area contributed by atoms with Crippen LogP contribution in [0, 0.1) is 6.92 Å². The fourth-order valence-electron chi connectivity index (χ4n) is 2.76. The minimum atomic E-state index is -0.699. The summed E-state index contributed by atoms with van der Waals surface area (Å²) in [5.41, 5.74) is 2.59. The predicted octanol–water partition coefficient (Wildman–Crippen LogP) is 2.37. The summed E-state index contributed by atoms with van der Waals surface area (Å²) >= 11 is 0. The van der Waals surface area contributed by atoms with Gasteiger partial charge >= 0.3 is 5.97 Å². The van der Waals surface area contributed by atoms with Crippen molar-refractivity contribution in [2.24, 2.45) is 0 Å². The van der Waals surface area contributed by atoms with Gasteiger partial charge in [-0.25, -0.2) is 0 Å². The fourth-order valence-corrected chi connectivity index (χ4v) is 2.76. The Labute approximate surface area is 121 Å². The molecule has 0 radical (unpaired) electrons. The van der Waals surface area contributed by atoms with Crippen LogP contribution in [-0.4, -0.2) is 48.2 Å². The molecule has 1 aliphatic rings. The minimum absolute atomic E-state index is 0.263. The van der Waals surface area contributed by atoms with Crippen molar-refractivity contribution in [2.75, 3.05) is 31.1 Å². The summed E-state index contributed by atoms with van der Waals surface area (Å²) in [6.45, 7) is 8.30. The first-order chi connectivity index (χ1) is 9.56. The second kappa shape index (κ2) is 6.75. The van der Waals surface area contributed by atoms with E-state index in [-0.39, 0.29) is 6.42 Å². The topological polar surface area (TPSA) is 43.8 Å². The molecule has 0 aromatic heterocycles. The number of anilines is 1. The van der Waals surface area contributed by atoms with Crippen LogP contribution >= 0.6 is 0 Å². The summed E-state index contributed by atoms with van der Waals surface area (Å²) < 4.78 is 0. The molecule has 1 N–H and O–H groups in total. The van der Waals surface area contributed by atoms with Gasteiger partial charge in [0.2, 0.25) is 0 Å². The first-order valence-electron chi connectivity index (χ1n) is 7.33. The van der Waals surface area contributed by atoms with E-state index in [1.54, 1.807) is 0 Å². The number of piperazine rings is 1. The van der Waals surface area contributed by atoms with Crippen LogP contribution in [-0.2, 0) is 4.79 Å². The monoisotopic (exact) mass is 276 g/mol. The zero-order valence-electron chi connectivity index (χ0n) is 12.4. The molecule has 1 unspecified atom stereocenters. The highest BCUT2D eigenvalue weighted by atomic mass is 16.4. The molecule has 4 nitrogen and oxygen atoms in total. The number of rotatable bonds is 5. The van der Waals surface area contributed by atoms with Crippen LogP contribution < -0.4 is 4.90 Å². The number of aliphatic carboxylic acids is 1. The molecular weight excluding hydrogens is 252 g/mol. The molecule has 0 spiro atoms. The highest BCUT2D eigenvalue weighted by molar-refractivity contribution is 5.66. The molecule has 2 rings (SSSR count). The number of carboxylic acids is 1. The summed E-state index contributed by atoms with van der Waals surface area (Å²) in [7, 11) is 0. The highest BCUT2D eigenvalue weighted by Gasteiger charge is 2.21. The Morgan fingerprint density at radius 3 is 2.60 bits per heavy atom. The van der Waals surface area contributed by atoms with Crippen LogP contribution in [0.2, 0.25) is 0 Å². The van der Waals surface area contributed by atoms with Gasteiger partial charge in [-0.3, -0.25) is 9.69 Å². The molecule has 0 bridgehead atoms. The number of hydrogen-bond acceptors (Lipinski definition) is 3. The van der Waals surface area contributed by atoms with Gasteiger partial charge in [0.1, 0.15) is 0 Å². The molecule has 20 heavy (non-hydrogen) atoms. The number of benzene rings is 1. The summed E-state index contributed by atoms with van der Waals surface area (Å²) in [4.78, 5) is 15.4. The molecule has 1 saturated heterocycles. The maximum Gasteiger partial charge on any atom is 0.303 e. The zero-order valence-corrected chi connectivity index (χ0v) is 12.4. The average Bonchev–Trinajstić information content (AvgIpc) is 2.45. The maximum absolute atomic E-state index is 10.6. The quantitative estimate of drug-likeness (QED) is 0.896. The molecule has 1 aliphatic heterocycles. The molecule has 0 amide bonds. The lowest BCUT2D eigenvalue weighted by Crippen LogP contribution is -2.49. The van der Waals surface area contributed by atoms with Gasteiger partial charge < -0.3 is 10.0 Å². The Balaban J connectivity index is 1.84. The van der Waals surface area contributed by atoms with Crippen LogP contribution in [0.4, 0.5) is 5.69 Å². The Hall–Kier alpha value is -1.55. The highest BCUT2D eigenvalue weighted by Crippen LogP contribution is 2.19. The molecule has 0 saturated carbocycles. The number of carbonyl (C=O) groups is 1. The van der Waals surface area contributed by atoms with Crippen molar-refractivity contribution < 1.29 is 9.90 Å². The van der Waals surface area contributed by atoms with Gasteiger partial charge in [0, 0.05) is 44.3 Å². The Morgan fingerprint density at radius 2 is 2.00 bits per heavy atom. The largest absolute Gasteiger partial charge is 0.481 e. The van der Waals surface area contributed by atoms with Crippen molar-refractivity contribution in [2.45, 2.75) is 32.7 Å². The van der Waals surface area contributed by atoms with Gasteiger partial charge in [-0.05, 0) is 38.0 Å². The molecule has 1 heterocycles. The Kier molecular flexibility index (Phi) is 5.01. The van der Waals surface area contributed by atoms with E-state index in [0.29, 0.717) is 6.04 Å². The van der Waals surface area contributed by atoms with E-state index in [0.717, 1.165) is 32.6 Å². The predicted molar refractivity (Wildman–Crippen MR) is 81.3 cm³/mol. The Morgan fingerprint density at radius 1 is 1.30 bits per heavy atom. The van der Waals surface area contributed by atoms with Gasteiger partial charge in [0.25, 0.3) is 0 Å². The lowest BCUT2D eigenvalue weighted by atomic mass is 10.1. The van der Waals surface area contributed by atoms with Crippen molar-refractivity contribution >= 4 is 11.7 Å². The van der Waals surface area contributed by atoms with Crippen molar-refractivity contribution in [1.82, 2.24) is 4.90 Å². The maximum atomic E-state index is 10.6. The second-order valence-corrected chi connectivity index (χ2v) is 5.64. The number of hydrogen-bond donors (Lipinski definition) is 1. The average molecular weight is 276 g/mol. The van der Waals surface area contributed by atoms with Crippen LogP contribution in [0.5, 0.6) is 0 Å².